The molecule has 0 fully saturated rings. The number of hydrogen-bond donors (Lipinski definition) is 2. The zero-order valence-corrected chi connectivity index (χ0v) is 13.3. The van der Waals surface area contributed by atoms with Crippen molar-refractivity contribution >= 4 is 33.2 Å². The van der Waals surface area contributed by atoms with Crippen LogP contribution in [0.1, 0.15) is 25.9 Å². The van der Waals surface area contributed by atoms with Gasteiger partial charge in [0.15, 0.2) is 0 Å². The zero-order valence-electron chi connectivity index (χ0n) is 10.9. The molecule has 0 saturated carbocycles. The monoisotopic (exact) mass is 356 g/mol. The van der Waals surface area contributed by atoms with Crippen LogP contribution in [0.4, 0.5) is 0 Å². The van der Waals surface area contributed by atoms with Gasteiger partial charge in [0.05, 0.1) is 21.6 Å². The van der Waals surface area contributed by atoms with Gasteiger partial charge < -0.3 is 0 Å². The van der Waals surface area contributed by atoms with E-state index in [9.17, 15) is 9.59 Å². The van der Waals surface area contributed by atoms with Gasteiger partial charge in [0.2, 0.25) is 0 Å². The molecule has 2 rings (SSSR count). The molecule has 2 heterocycles. The van der Waals surface area contributed by atoms with Crippen LogP contribution in [-0.2, 0) is 6.54 Å². The standard InChI is InChI=1S/C12H13BrN4O2S/c1-6-10(13)7(2)17(12(19)15-6)5-8-3-4-9(20-8)11(18)16-14/h3-4H,5,14H2,1-2H3,(H,16,18). The van der Waals surface area contributed by atoms with E-state index in [4.69, 9.17) is 5.84 Å². The fourth-order valence-corrected chi connectivity index (χ4v) is 2.98. The number of hydrogen-bond acceptors (Lipinski definition) is 5. The second-order valence-electron chi connectivity index (χ2n) is 4.20. The Bertz CT molecular complexity index is 723. The van der Waals surface area contributed by atoms with Gasteiger partial charge in [0.1, 0.15) is 0 Å². The third kappa shape index (κ3) is 2.82. The number of amides is 1. The molecule has 3 N–H and O–H groups in total. The summed E-state index contributed by atoms with van der Waals surface area (Å²) in [5, 5.41) is 0. The molecule has 0 aliphatic rings. The highest BCUT2D eigenvalue weighted by Crippen LogP contribution is 2.20. The van der Waals surface area contributed by atoms with Crippen LogP contribution in [0.5, 0.6) is 0 Å². The summed E-state index contributed by atoms with van der Waals surface area (Å²) in [5.74, 6) is 4.75. The molecule has 8 heteroatoms. The molecular formula is C12H13BrN4O2S. The van der Waals surface area contributed by atoms with Gasteiger partial charge in [-0.15, -0.1) is 11.3 Å². The second kappa shape index (κ2) is 5.86. The molecule has 0 aliphatic carbocycles. The molecule has 0 aliphatic heterocycles. The first kappa shape index (κ1) is 14.9. The highest BCUT2D eigenvalue weighted by Gasteiger charge is 2.12. The van der Waals surface area contributed by atoms with Crippen molar-refractivity contribution in [1.82, 2.24) is 15.0 Å². The number of halogens is 1. The minimum absolute atomic E-state index is 0.304. The molecule has 0 spiro atoms. The van der Waals surface area contributed by atoms with Gasteiger partial charge in [0, 0.05) is 10.6 Å². The van der Waals surface area contributed by atoms with Crippen LogP contribution < -0.4 is 17.0 Å². The predicted octanol–water partition coefficient (Wildman–Crippen LogP) is 1.34. The number of carbonyl (C=O) groups is 1. The van der Waals surface area contributed by atoms with E-state index in [2.05, 4.69) is 26.3 Å². The van der Waals surface area contributed by atoms with Crippen molar-refractivity contribution in [2.45, 2.75) is 20.4 Å². The number of thiophene rings is 1. The van der Waals surface area contributed by atoms with Crippen LogP contribution in [0.25, 0.3) is 0 Å². The molecule has 106 valence electrons. The lowest BCUT2D eigenvalue weighted by atomic mass is 10.3. The topological polar surface area (TPSA) is 90.0 Å². The first-order valence-electron chi connectivity index (χ1n) is 5.77. The smallest absolute Gasteiger partial charge is 0.290 e. The maximum Gasteiger partial charge on any atom is 0.348 e. The van der Waals surface area contributed by atoms with Gasteiger partial charge in [-0.2, -0.15) is 4.98 Å². The van der Waals surface area contributed by atoms with E-state index in [1.165, 1.54) is 11.3 Å². The fourth-order valence-electron chi connectivity index (χ4n) is 1.77. The quantitative estimate of drug-likeness (QED) is 0.493. The Hall–Kier alpha value is -1.51. The number of hydrazine groups is 1. The summed E-state index contributed by atoms with van der Waals surface area (Å²) in [6.07, 6.45) is 0. The number of aryl methyl sites for hydroxylation is 1. The minimum Gasteiger partial charge on any atom is -0.290 e. The molecule has 0 atom stereocenters. The first-order valence-corrected chi connectivity index (χ1v) is 7.38. The van der Waals surface area contributed by atoms with E-state index >= 15 is 0 Å². The third-order valence-electron chi connectivity index (χ3n) is 2.86. The van der Waals surface area contributed by atoms with Crippen molar-refractivity contribution in [3.8, 4) is 0 Å². The maximum absolute atomic E-state index is 12.0. The van der Waals surface area contributed by atoms with Crippen LogP contribution in [0.15, 0.2) is 21.4 Å². The molecule has 0 unspecified atom stereocenters. The molecule has 1 amide bonds. The lowest BCUT2D eigenvalue weighted by Crippen LogP contribution is -2.29. The maximum atomic E-state index is 12.0. The SMILES string of the molecule is Cc1nc(=O)n(Cc2ccc(C(=O)NN)s2)c(C)c1Br. The zero-order chi connectivity index (χ0) is 14.9. The summed E-state index contributed by atoms with van der Waals surface area (Å²) in [6, 6.07) is 3.48. The number of nitrogens with one attached hydrogen (secondary N) is 1. The molecule has 0 saturated heterocycles. The molecule has 0 radical (unpaired) electrons. The summed E-state index contributed by atoms with van der Waals surface area (Å²) in [4.78, 5) is 28.7. The summed E-state index contributed by atoms with van der Waals surface area (Å²) < 4.78 is 2.38. The lowest BCUT2D eigenvalue weighted by Gasteiger charge is -2.10. The summed E-state index contributed by atoms with van der Waals surface area (Å²) >= 11 is 4.71. The van der Waals surface area contributed by atoms with Crippen molar-refractivity contribution in [2.75, 3.05) is 0 Å². The highest BCUT2D eigenvalue weighted by molar-refractivity contribution is 9.10. The molecule has 0 aromatic carbocycles. The van der Waals surface area contributed by atoms with E-state index in [-0.39, 0.29) is 11.6 Å². The molecular weight excluding hydrogens is 344 g/mol. The van der Waals surface area contributed by atoms with Crippen molar-refractivity contribution in [3.63, 3.8) is 0 Å². The average molecular weight is 357 g/mol. The van der Waals surface area contributed by atoms with Crippen LogP contribution in [0.3, 0.4) is 0 Å². The summed E-state index contributed by atoms with van der Waals surface area (Å²) in [5.41, 5.74) is 3.25. The van der Waals surface area contributed by atoms with Gasteiger partial charge in [0.25, 0.3) is 5.91 Å². The van der Waals surface area contributed by atoms with Crippen molar-refractivity contribution in [1.29, 1.82) is 0 Å². The van der Waals surface area contributed by atoms with E-state index in [0.29, 0.717) is 17.1 Å². The van der Waals surface area contributed by atoms with E-state index < -0.39 is 0 Å². The minimum atomic E-state index is -0.339. The number of nitrogen functional groups attached to an aromatic ring is 1. The molecule has 2 aromatic rings. The van der Waals surface area contributed by atoms with Crippen LogP contribution in [0, 0.1) is 13.8 Å². The molecule has 2 aromatic heterocycles. The highest BCUT2D eigenvalue weighted by atomic mass is 79.9. The Morgan fingerprint density at radius 2 is 2.20 bits per heavy atom. The van der Waals surface area contributed by atoms with E-state index in [0.717, 1.165) is 15.0 Å². The third-order valence-corrected chi connectivity index (χ3v) is 5.08. The number of nitrogens with two attached hydrogens (primary N) is 1. The number of aromatic nitrogens is 2. The fraction of sp³-hybridized carbons (Fsp3) is 0.250. The Morgan fingerprint density at radius 1 is 1.50 bits per heavy atom. The van der Waals surface area contributed by atoms with Crippen LogP contribution >= 0.6 is 27.3 Å². The summed E-state index contributed by atoms with van der Waals surface area (Å²) in [7, 11) is 0. The Balaban J connectivity index is 2.36. The van der Waals surface area contributed by atoms with Gasteiger partial charge in [-0.25, -0.2) is 10.6 Å². The number of rotatable bonds is 3. The van der Waals surface area contributed by atoms with E-state index in [1.807, 2.05) is 6.92 Å². The predicted molar refractivity (Wildman–Crippen MR) is 80.7 cm³/mol. The average Bonchev–Trinajstić information content (AvgIpc) is 2.89. The largest absolute Gasteiger partial charge is 0.348 e. The number of carbonyl (C=O) groups excluding carboxylic acids is 1. The van der Waals surface area contributed by atoms with Crippen molar-refractivity contribution in [3.05, 3.63) is 48.2 Å². The van der Waals surface area contributed by atoms with Gasteiger partial charge in [-0.1, -0.05) is 0 Å². The van der Waals surface area contributed by atoms with Crippen LogP contribution in [0.2, 0.25) is 0 Å². The van der Waals surface area contributed by atoms with Crippen molar-refractivity contribution in [2.24, 2.45) is 5.84 Å². The van der Waals surface area contributed by atoms with Gasteiger partial charge >= 0.3 is 5.69 Å². The Kier molecular flexibility index (Phi) is 4.36. The number of nitrogens with zero attached hydrogens (tertiary/aromatic N) is 2. The van der Waals surface area contributed by atoms with E-state index in [1.54, 1.807) is 23.6 Å². The van der Waals surface area contributed by atoms with Crippen molar-refractivity contribution < 1.29 is 4.79 Å². The van der Waals surface area contributed by atoms with Gasteiger partial charge in [-0.05, 0) is 41.9 Å². The molecule has 20 heavy (non-hydrogen) atoms. The lowest BCUT2D eigenvalue weighted by molar-refractivity contribution is 0.0957. The first-order chi connectivity index (χ1) is 9.43. The Morgan fingerprint density at radius 3 is 2.85 bits per heavy atom. The Labute approximate surface area is 127 Å². The normalized spacial score (nSPS) is 10.6. The van der Waals surface area contributed by atoms with Crippen LogP contribution in [-0.4, -0.2) is 15.5 Å². The second-order valence-corrected chi connectivity index (χ2v) is 6.17. The summed E-state index contributed by atoms with van der Waals surface area (Å²) in [6.45, 7) is 4.00. The molecule has 0 bridgehead atoms. The molecule has 6 nitrogen and oxygen atoms in total. The van der Waals surface area contributed by atoms with Gasteiger partial charge in [-0.3, -0.25) is 14.8 Å².